The van der Waals surface area contributed by atoms with Crippen molar-refractivity contribution < 1.29 is 37.8 Å². The molecule has 0 fully saturated rings. The number of hydrogen-bond donors (Lipinski definition) is 1. The fourth-order valence-corrected chi connectivity index (χ4v) is 0.189. The van der Waals surface area contributed by atoms with E-state index in [-0.39, 0.29) is 38.5 Å². The molecule has 1 nitrogen and oxygen atoms in total. The van der Waals surface area contributed by atoms with E-state index in [2.05, 4.69) is 13.2 Å². The molecule has 0 aromatic heterocycles. The van der Waals surface area contributed by atoms with Crippen molar-refractivity contribution in [1.29, 1.82) is 0 Å². The van der Waals surface area contributed by atoms with E-state index < -0.39 is 0 Å². The molecule has 0 spiro atoms. The van der Waals surface area contributed by atoms with Gasteiger partial charge in [0.2, 0.25) is 0 Å². The molecular weight excluding hydrogens is 177 g/mol. The van der Waals surface area contributed by atoms with E-state index in [1.807, 2.05) is 0 Å². The molecule has 1 radical (unpaired) electrons. The normalized spacial score (nSPS) is 9.25. The fourth-order valence-electron chi connectivity index (χ4n) is 0.189. The molecule has 0 atom stereocenters. The molecule has 0 saturated heterocycles. The van der Waals surface area contributed by atoms with E-state index in [4.69, 9.17) is 5.11 Å². The van der Waals surface area contributed by atoms with Gasteiger partial charge in [0, 0.05) is 32.7 Å². The summed E-state index contributed by atoms with van der Waals surface area (Å²) in [6.45, 7) is 6.68. The number of allylic oxidation sites excluding steroid dienone is 3. The second-order valence-electron chi connectivity index (χ2n) is 1.03. The van der Waals surface area contributed by atoms with Crippen LogP contribution in [-0.2, 0) is 32.7 Å². The van der Waals surface area contributed by atoms with E-state index in [1.165, 1.54) is 18.2 Å². The van der Waals surface area contributed by atoms with Gasteiger partial charge in [-0.05, 0) is 12.2 Å². The third-order valence-corrected chi connectivity index (χ3v) is 0.498. The molecule has 0 bridgehead atoms. The van der Waals surface area contributed by atoms with Crippen LogP contribution in [0, 0.1) is 0 Å². The van der Waals surface area contributed by atoms with Crippen molar-refractivity contribution in [2.45, 2.75) is 0 Å². The summed E-state index contributed by atoms with van der Waals surface area (Å²) >= 11 is 0. The molecular formula is C6H8OY. The largest absolute Gasteiger partial charge is 0.508 e. The molecule has 0 aliphatic carbocycles. The summed E-state index contributed by atoms with van der Waals surface area (Å²) in [4.78, 5) is 0. The smallest absolute Gasteiger partial charge is 0.114 e. The minimum Gasteiger partial charge on any atom is -0.508 e. The van der Waals surface area contributed by atoms with Crippen LogP contribution < -0.4 is 0 Å². The molecule has 0 saturated carbocycles. The Hall–Kier alpha value is 0.124. The maximum absolute atomic E-state index is 8.53. The molecule has 8 heavy (non-hydrogen) atoms. The van der Waals surface area contributed by atoms with Crippen LogP contribution in [0.3, 0.4) is 0 Å². The molecule has 2 heteroatoms. The van der Waals surface area contributed by atoms with Crippen molar-refractivity contribution in [3.05, 3.63) is 37.1 Å². The van der Waals surface area contributed by atoms with E-state index in [9.17, 15) is 0 Å². The maximum atomic E-state index is 8.53. The third-order valence-electron chi connectivity index (χ3n) is 0.498. The van der Waals surface area contributed by atoms with Gasteiger partial charge in [-0.1, -0.05) is 19.2 Å². The molecule has 0 rings (SSSR count). The molecule has 0 unspecified atom stereocenters. The van der Waals surface area contributed by atoms with Crippen molar-refractivity contribution >= 4 is 0 Å². The first kappa shape index (κ1) is 11.0. The van der Waals surface area contributed by atoms with Gasteiger partial charge in [-0.15, -0.1) is 0 Å². The Morgan fingerprint density at radius 1 is 1.38 bits per heavy atom. The zero-order valence-corrected chi connectivity index (χ0v) is 7.51. The second kappa shape index (κ2) is 7.12. The van der Waals surface area contributed by atoms with Crippen molar-refractivity contribution in [2.24, 2.45) is 0 Å². The van der Waals surface area contributed by atoms with Crippen molar-refractivity contribution in [3.8, 4) is 0 Å². The predicted molar refractivity (Wildman–Crippen MR) is 31.1 cm³/mol. The van der Waals surface area contributed by atoms with E-state index >= 15 is 0 Å². The van der Waals surface area contributed by atoms with Gasteiger partial charge in [0.1, 0.15) is 5.76 Å². The number of rotatable bonds is 2. The van der Waals surface area contributed by atoms with Gasteiger partial charge in [0.15, 0.2) is 0 Å². The van der Waals surface area contributed by atoms with Crippen molar-refractivity contribution in [2.75, 3.05) is 0 Å². The van der Waals surface area contributed by atoms with Gasteiger partial charge in [-0.3, -0.25) is 0 Å². The van der Waals surface area contributed by atoms with Gasteiger partial charge in [-0.2, -0.15) is 0 Å². The number of hydrogen-bond acceptors (Lipinski definition) is 1. The van der Waals surface area contributed by atoms with Gasteiger partial charge in [-0.25, -0.2) is 0 Å². The Morgan fingerprint density at radius 3 is 2.00 bits per heavy atom. The minimum atomic E-state index is 0. The van der Waals surface area contributed by atoms with Crippen LogP contribution in [0.5, 0.6) is 0 Å². The van der Waals surface area contributed by atoms with Crippen LogP contribution >= 0.6 is 0 Å². The molecule has 0 aromatic rings. The van der Waals surface area contributed by atoms with Crippen LogP contribution in [-0.4, -0.2) is 5.11 Å². The Labute approximate surface area is 74.7 Å². The maximum Gasteiger partial charge on any atom is 0.114 e. The monoisotopic (exact) mass is 185 g/mol. The predicted octanol–water partition coefficient (Wildman–Crippen LogP) is 1.80. The van der Waals surface area contributed by atoms with Crippen LogP contribution in [0.15, 0.2) is 37.1 Å². The minimum absolute atomic E-state index is 0. The Bertz CT molecular complexity index is 105. The second-order valence-corrected chi connectivity index (χ2v) is 1.03. The molecule has 0 amide bonds. The summed E-state index contributed by atoms with van der Waals surface area (Å²) in [5, 5.41) is 8.53. The van der Waals surface area contributed by atoms with Gasteiger partial charge >= 0.3 is 0 Å². The van der Waals surface area contributed by atoms with E-state index in [0.717, 1.165) is 0 Å². The van der Waals surface area contributed by atoms with Gasteiger partial charge in [0.05, 0.1) is 0 Å². The summed E-state index contributed by atoms with van der Waals surface area (Å²) in [5.41, 5.74) is 0. The molecule has 41 valence electrons. The Kier molecular flexibility index (Phi) is 9.79. The van der Waals surface area contributed by atoms with Gasteiger partial charge < -0.3 is 5.11 Å². The number of aliphatic hydroxyl groups is 1. The first-order valence-corrected chi connectivity index (χ1v) is 1.95. The molecule has 0 aliphatic heterocycles. The number of aliphatic hydroxyl groups excluding tert-OH is 1. The molecule has 0 heterocycles. The van der Waals surface area contributed by atoms with E-state index in [0.29, 0.717) is 0 Å². The SMILES string of the molecule is C=C/C=C(/O)C=C.[Y]. The standard InChI is InChI=1S/C6H8O.Y/c1-3-5-6(7)4-2;/h3-5,7H,1-2H2;/b6-5+;. The van der Waals surface area contributed by atoms with Gasteiger partial charge in [0.25, 0.3) is 0 Å². The zero-order chi connectivity index (χ0) is 5.70. The quantitative estimate of drug-likeness (QED) is 0.513. The van der Waals surface area contributed by atoms with Crippen LogP contribution in [0.25, 0.3) is 0 Å². The first-order valence-electron chi connectivity index (χ1n) is 1.95. The summed E-state index contributed by atoms with van der Waals surface area (Å²) < 4.78 is 0. The molecule has 0 aliphatic rings. The Morgan fingerprint density at radius 2 is 1.88 bits per heavy atom. The summed E-state index contributed by atoms with van der Waals surface area (Å²) in [7, 11) is 0. The summed E-state index contributed by atoms with van der Waals surface area (Å²) in [6.07, 6.45) is 4.31. The van der Waals surface area contributed by atoms with Crippen LogP contribution in [0.2, 0.25) is 0 Å². The summed E-state index contributed by atoms with van der Waals surface area (Å²) in [5.74, 6) is 0.148. The fraction of sp³-hybridized carbons (Fsp3) is 0. The van der Waals surface area contributed by atoms with Crippen LogP contribution in [0.4, 0.5) is 0 Å². The van der Waals surface area contributed by atoms with Crippen molar-refractivity contribution in [3.63, 3.8) is 0 Å². The average molecular weight is 185 g/mol. The average Bonchev–Trinajstić information content (AvgIpc) is 1.68. The molecule has 0 aromatic carbocycles. The topological polar surface area (TPSA) is 20.2 Å². The molecule has 1 N–H and O–H groups in total. The van der Waals surface area contributed by atoms with Crippen LogP contribution in [0.1, 0.15) is 0 Å². The zero-order valence-electron chi connectivity index (χ0n) is 4.67. The third kappa shape index (κ3) is 6.12. The van der Waals surface area contributed by atoms with E-state index in [1.54, 1.807) is 0 Å². The Balaban J connectivity index is 0. The first-order chi connectivity index (χ1) is 3.31. The summed E-state index contributed by atoms with van der Waals surface area (Å²) in [6, 6.07) is 0. The van der Waals surface area contributed by atoms with Crippen molar-refractivity contribution in [1.82, 2.24) is 0 Å².